The highest BCUT2D eigenvalue weighted by atomic mass is 32.1. The lowest BCUT2D eigenvalue weighted by molar-refractivity contribution is -0.140. The summed E-state index contributed by atoms with van der Waals surface area (Å²) in [7, 11) is 0. The van der Waals surface area contributed by atoms with Crippen molar-refractivity contribution in [2.24, 2.45) is 0 Å². The molecule has 3 aromatic rings. The number of aliphatic hydroxyl groups excluding tert-OH is 1. The second-order valence-electron chi connectivity index (χ2n) is 7.93. The van der Waals surface area contributed by atoms with Gasteiger partial charge in [0, 0.05) is 18.0 Å². The van der Waals surface area contributed by atoms with Crippen molar-refractivity contribution in [1.29, 1.82) is 0 Å². The molecular weight excluding hydrogens is 436 g/mol. The third-order valence-corrected chi connectivity index (χ3v) is 7.09. The lowest BCUT2D eigenvalue weighted by Gasteiger charge is -2.27. The van der Waals surface area contributed by atoms with Crippen LogP contribution < -0.4 is 0 Å². The van der Waals surface area contributed by atoms with Gasteiger partial charge in [0.05, 0.1) is 34.8 Å². The Labute approximate surface area is 197 Å². The van der Waals surface area contributed by atoms with Crippen LogP contribution in [0.3, 0.4) is 0 Å². The molecule has 7 nitrogen and oxygen atoms in total. The van der Waals surface area contributed by atoms with Crippen molar-refractivity contribution in [1.82, 2.24) is 19.6 Å². The normalized spacial score (nSPS) is 17.9. The summed E-state index contributed by atoms with van der Waals surface area (Å²) in [6.07, 6.45) is 1.55. The summed E-state index contributed by atoms with van der Waals surface area (Å²) in [6.45, 7) is 8.78. The number of rotatable bonds is 8. The SMILES string of the molecule is CCN(CC)CCN1C(=O)C(=O)C(=C(O)c2cnn(-c3ccccc3)c2C)[C@@H]1c1cccs1. The number of hydrogen-bond donors (Lipinski definition) is 1. The minimum absolute atomic E-state index is 0.123. The number of carbonyl (C=O) groups excluding carboxylic acids is 2. The fourth-order valence-corrected chi connectivity index (χ4v) is 5.10. The number of aromatic nitrogens is 2. The minimum Gasteiger partial charge on any atom is -0.507 e. The van der Waals surface area contributed by atoms with Crippen LogP contribution in [0.5, 0.6) is 0 Å². The van der Waals surface area contributed by atoms with E-state index in [4.69, 9.17) is 0 Å². The van der Waals surface area contributed by atoms with Crippen molar-refractivity contribution in [2.75, 3.05) is 26.2 Å². The maximum Gasteiger partial charge on any atom is 0.295 e. The van der Waals surface area contributed by atoms with E-state index in [1.54, 1.807) is 15.8 Å². The number of nitrogens with zero attached hydrogens (tertiary/aromatic N) is 4. The van der Waals surface area contributed by atoms with Gasteiger partial charge in [-0.2, -0.15) is 5.10 Å². The number of likely N-dealkylation sites (N-methyl/N-ethyl adjacent to an activating group) is 1. The van der Waals surface area contributed by atoms with E-state index in [0.717, 1.165) is 23.7 Å². The van der Waals surface area contributed by atoms with E-state index in [9.17, 15) is 14.7 Å². The fourth-order valence-electron chi connectivity index (χ4n) is 4.26. The molecule has 0 spiro atoms. The summed E-state index contributed by atoms with van der Waals surface area (Å²) in [5, 5.41) is 17.7. The molecule has 1 aliphatic rings. The molecular formula is C25H28N4O3S. The Balaban J connectivity index is 1.77. The Morgan fingerprint density at radius 1 is 1.12 bits per heavy atom. The van der Waals surface area contributed by atoms with Crippen molar-refractivity contribution >= 4 is 28.8 Å². The number of benzene rings is 1. The second kappa shape index (κ2) is 9.72. The topological polar surface area (TPSA) is 78.7 Å². The molecule has 172 valence electrons. The number of likely N-dealkylation sites (tertiary alicyclic amines) is 1. The van der Waals surface area contributed by atoms with Crippen LogP contribution in [0.4, 0.5) is 0 Å². The van der Waals surface area contributed by atoms with Crippen LogP contribution >= 0.6 is 11.3 Å². The molecule has 1 fully saturated rings. The van der Waals surface area contributed by atoms with Crippen molar-refractivity contribution in [3.63, 3.8) is 0 Å². The first-order valence-electron chi connectivity index (χ1n) is 11.1. The standard InChI is InChI=1S/C25H28N4O3S/c1-4-27(5-2)13-14-28-22(20-12-9-15-33-20)21(24(31)25(28)32)23(30)19-16-26-29(17(19)3)18-10-7-6-8-11-18/h6-12,15-16,22,30H,4-5,13-14H2,1-3H3/t22-/m0/s1. The quantitative estimate of drug-likeness (QED) is 0.310. The van der Waals surface area contributed by atoms with Crippen LogP contribution in [0.2, 0.25) is 0 Å². The molecule has 2 aromatic heterocycles. The van der Waals surface area contributed by atoms with E-state index in [1.165, 1.54) is 11.3 Å². The summed E-state index contributed by atoms with van der Waals surface area (Å²) < 4.78 is 1.71. The first kappa shape index (κ1) is 22.9. The van der Waals surface area contributed by atoms with Crippen molar-refractivity contribution in [2.45, 2.75) is 26.8 Å². The van der Waals surface area contributed by atoms with Crippen molar-refractivity contribution in [3.8, 4) is 5.69 Å². The number of para-hydroxylation sites is 1. The number of Topliss-reactive ketones (excluding diaryl/α,β-unsaturated/α-hetero) is 1. The highest BCUT2D eigenvalue weighted by Crippen LogP contribution is 2.41. The highest BCUT2D eigenvalue weighted by molar-refractivity contribution is 7.10. The van der Waals surface area contributed by atoms with Crippen LogP contribution in [0, 0.1) is 6.92 Å². The summed E-state index contributed by atoms with van der Waals surface area (Å²) in [4.78, 5) is 30.9. The average molecular weight is 465 g/mol. The molecule has 0 unspecified atom stereocenters. The highest BCUT2D eigenvalue weighted by Gasteiger charge is 2.46. The molecule has 4 rings (SSSR count). The summed E-state index contributed by atoms with van der Waals surface area (Å²) in [5.74, 6) is -1.41. The van der Waals surface area contributed by atoms with Crippen LogP contribution in [0.1, 0.15) is 36.0 Å². The smallest absolute Gasteiger partial charge is 0.295 e. The minimum atomic E-state index is -0.655. The first-order valence-corrected chi connectivity index (χ1v) is 12.0. The van der Waals surface area contributed by atoms with E-state index in [0.29, 0.717) is 24.3 Å². The number of thiophene rings is 1. The van der Waals surface area contributed by atoms with Crippen molar-refractivity contribution < 1.29 is 14.7 Å². The number of amides is 1. The zero-order valence-corrected chi connectivity index (χ0v) is 19.9. The maximum atomic E-state index is 13.2. The van der Waals surface area contributed by atoms with Gasteiger partial charge in [-0.25, -0.2) is 4.68 Å². The van der Waals surface area contributed by atoms with E-state index < -0.39 is 17.7 Å². The largest absolute Gasteiger partial charge is 0.507 e. The molecule has 0 saturated carbocycles. The molecule has 1 amide bonds. The van der Waals surface area contributed by atoms with Crippen LogP contribution in [0.15, 0.2) is 59.6 Å². The van der Waals surface area contributed by atoms with Gasteiger partial charge >= 0.3 is 0 Å². The zero-order chi connectivity index (χ0) is 23.5. The molecule has 33 heavy (non-hydrogen) atoms. The van der Waals surface area contributed by atoms with Crippen molar-refractivity contribution in [3.05, 3.63) is 75.7 Å². The lowest BCUT2D eigenvalue weighted by Crippen LogP contribution is -2.37. The fraction of sp³-hybridized carbons (Fsp3) is 0.320. The number of hydrogen-bond acceptors (Lipinski definition) is 6. The van der Waals surface area contributed by atoms with E-state index in [1.807, 2.05) is 54.8 Å². The third-order valence-electron chi connectivity index (χ3n) is 6.17. The zero-order valence-electron chi connectivity index (χ0n) is 19.1. The van der Waals surface area contributed by atoms with Crippen LogP contribution in [-0.2, 0) is 9.59 Å². The molecule has 0 bridgehead atoms. The molecule has 0 aliphatic carbocycles. The molecule has 8 heteroatoms. The monoisotopic (exact) mass is 464 g/mol. The Morgan fingerprint density at radius 2 is 1.85 bits per heavy atom. The van der Waals surface area contributed by atoms with Gasteiger partial charge in [-0.1, -0.05) is 38.1 Å². The average Bonchev–Trinajstić information content (AvgIpc) is 3.55. The Hall–Kier alpha value is -3.23. The third kappa shape index (κ3) is 4.24. The molecule has 1 aliphatic heterocycles. The van der Waals surface area contributed by atoms with Crippen LogP contribution in [-0.4, -0.2) is 62.6 Å². The molecule has 1 atom stereocenters. The summed E-state index contributed by atoms with van der Waals surface area (Å²) >= 11 is 1.47. The number of aliphatic hydroxyl groups is 1. The van der Waals surface area contributed by atoms with Gasteiger partial charge < -0.3 is 14.9 Å². The Morgan fingerprint density at radius 3 is 2.48 bits per heavy atom. The molecule has 0 radical (unpaired) electrons. The molecule has 1 saturated heterocycles. The van der Waals surface area contributed by atoms with Gasteiger partial charge in [0.2, 0.25) is 0 Å². The first-order chi connectivity index (χ1) is 16.0. The lowest BCUT2D eigenvalue weighted by atomic mass is 10.00. The van der Waals surface area contributed by atoms with Gasteiger partial charge in [0.15, 0.2) is 0 Å². The predicted octanol–water partition coefficient (Wildman–Crippen LogP) is 4.01. The summed E-state index contributed by atoms with van der Waals surface area (Å²) in [6, 6.07) is 12.8. The van der Waals surface area contributed by atoms with E-state index in [2.05, 4.69) is 23.8 Å². The number of ketones is 1. The van der Waals surface area contributed by atoms with E-state index in [-0.39, 0.29) is 11.3 Å². The van der Waals surface area contributed by atoms with Crippen LogP contribution in [0.25, 0.3) is 11.4 Å². The van der Waals surface area contributed by atoms with E-state index >= 15 is 0 Å². The molecule has 3 heterocycles. The van der Waals surface area contributed by atoms with Gasteiger partial charge in [-0.05, 0) is 43.6 Å². The van der Waals surface area contributed by atoms with Gasteiger partial charge in [0.25, 0.3) is 11.7 Å². The maximum absolute atomic E-state index is 13.2. The second-order valence-corrected chi connectivity index (χ2v) is 8.91. The Kier molecular flexibility index (Phi) is 6.76. The number of carbonyl (C=O) groups is 2. The molecule has 1 aromatic carbocycles. The van der Waals surface area contributed by atoms with Gasteiger partial charge in [-0.3, -0.25) is 9.59 Å². The summed E-state index contributed by atoms with van der Waals surface area (Å²) in [5.41, 5.74) is 2.11. The Bertz CT molecular complexity index is 1160. The molecule has 1 N–H and O–H groups in total. The van der Waals surface area contributed by atoms with Gasteiger partial charge in [0.1, 0.15) is 5.76 Å². The van der Waals surface area contributed by atoms with Gasteiger partial charge in [-0.15, -0.1) is 11.3 Å². The predicted molar refractivity (Wildman–Crippen MR) is 129 cm³/mol.